The van der Waals surface area contributed by atoms with Gasteiger partial charge in [0.25, 0.3) is 0 Å². The Kier molecular flexibility index (Phi) is 2.71. The number of hydrogen-bond donors (Lipinski definition) is 1. The first-order valence-corrected chi connectivity index (χ1v) is 6.87. The molecule has 19 heavy (non-hydrogen) atoms. The van der Waals surface area contributed by atoms with Crippen LogP contribution in [0.2, 0.25) is 5.28 Å². The number of anilines is 2. The summed E-state index contributed by atoms with van der Waals surface area (Å²) in [7, 11) is 0. The predicted octanol–water partition coefficient (Wildman–Crippen LogP) is 2.47. The van der Waals surface area contributed by atoms with E-state index in [1.54, 1.807) is 6.20 Å². The summed E-state index contributed by atoms with van der Waals surface area (Å²) in [6.45, 7) is 6.39. The second-order valence-electron chi connectivity index (χ2n) is 6.18. The molecule has 0 unspecified atom stereocenters. The van der Waals surface area contributed by atoms with Crippen LogP contribution in [0.15, 0.2) is 6.20 Å². The lowest BCUT2D eigenvalue weighted by Gasteiger charge is -2.51. The third kappa shape index (κ3) is 2.06. The van der Waals surface area contributed by atoms with Crippen molar-refractivity contribution in [3.63, 3.8) is 0 Å². The summed E-state index contributed by atoms with van der Waals surface area (Å²) < 4.78 is 0. The maximum Gasteiger partial charge on any atom is 0.246 e. The van der Waals surface area contributed by atoms with E-state index in [9.17, 15) is 4.79 Å². The lowest BCUT2D eigenvalue weighted by Crippen LogP contribution is -2.57. The Morgan fingerprint density at radius 2 is 2.16 bits per heavy atom. The Balaban J connectivity index is 1.98. The summed E-state index contributed by atoms with van der Waals surface area (Å²) in [6.07, 6.45) is 3.70. The molecular formula is C13H17ClN4O. The molecule has 1 saturated carbocycles. The van der Waals surface area contributed by atoms with Crippen LogP contribution in [0, 0.1) is 5.41 Å². The second kappa shape index (κ2) is 4.07. The van der Waals surface area contributed by atoms with E-state index in [1.165, 1.54) is 0 Å². The average molecular weight is 281 g/mol. The fourth-order valence-electron chi connectivity index (χ4n) is 3.09. The smallest absolute Gasteiger partial charge is 0.246 e. The molecule has 0 saturated heterocycles. The number of halogens is 1. The van der Waals surface area contributed by atoms with Crippen molar-refractivity contribution in [3.05, 3.63) is 11.5 Å². The number of nitrogens with zero attached hydrogens (tertiary/aromatic N) is 3. The van der Waals surface area contributed by atoms with E-state index in [0.717, 1.165) is 18.7 Å². The van der Waals surface area contributed by atoms with Gasteiger partial charge in [0.2, 0.25) is 11.2 Å². The molecular weight excluding hydrogens is 264 g/mol. The minimum Gasteiger partial charge on any atom is -0.340 e. The Labute approximate surface area is 117 Å². The topological polar surface area (TPSA) is 58.1 Å². The molecule has 0 bridgehead atoms. The molecule has 1 amide bonds. The molecule has 102 valence electrons. The molecule has 1 aromatic rings. The summed E-state index contributed by atoms with van der Waals surface area (Å²) in [5, 5.41) is 3.04. The van der Waals surface area contributed by atoms with Gasteiger partial charge in [-0.1, -0.05) is 13.8 Å². The number of aromatic nitrogens is 2. The number of carbonyl (C=O) groups is 1. The molecule has 3 rings (SSSR count). The first-order chi connectivity index (χ1) is 8.87. The fourth-order valence-corrected chi connectivity index (χ4v) is 3.21. The van der Waals surface area contributed by atoms with E-state index in [4.69, 9.17) is 11.6 Å². The Morgan fingerprint density at radius 3 is 2.79 bits per heavy atom. The van der Waals surface area contributed by atoms with Gasteiger partial charge in [-0.2, -0.15) is 4.98 Å². The molecule has 5 nitrogen and oxygen atoms in total. The lowest BCUT2D eigenvalue weighted by molar-refractivity contribution is -0.117. The van der Waals surface area contributed by atoms with E-state index >= 15 is 0 Å². The highest BCUT2D eigenvalue weighted by molar-refractivity contribution is 6.28. The number of rotatable bonds is 1. The molecule has 1 aliphatic carbocycles. The summed E-state index contributed by atoms with van der Waals surface area (Å²) in [6, 6.07) is 0.125. The van der Waals surface area contributed by atoms with Gasteiger partial charge in [0.15, 0.2) is 5.82 Å². The third-order valence-electron chi connectivity index (χ3n) is 4.01. The van der Waals surface area contributed by atoms with Crippen LogP contribution < -0.4 is 10.2 Å². The van der Waals surface area contributed by atoms with Crippen LogP contribution in [0.4, 0.5) is 11.5 Å². The quantitative estimate of drug-likeness (QED) is 0.803. The van der Waals surface area contributed by atoms with Gasteiger partial charge in [0.1, 0.15) is 11.7 Å². The van der Waals surface area contributed by atoms with Crippen molar-refractivity contribution in [2.45, 2.75) is 45.7 Å². The first kappa shape index (κ1) is 12.7. The Hall–Kier alpha value is -1.36. The molecule has 0 radical (unpaired) electrons. The second-order valence-corrected chi connectivity index (χ2v) is 6.51. The van der Waals surface area contributed by atoms with Crippen molar-refractivity contribution in [2.75, 3.05) is 10.2 Å². The normalized spacial score (nSPS) is 25.6. The fraction of sp³-hybridized carbons (Fsp3) is 0.615. The van der Waals surface area contributed by atoms with Crippen molar-refractivity contribution in [1.82, 2.24) is 9.97 Å². The van der Waals surface area contributed by atoms with E-state index in [-0.39, 0.29) is 17.2 Å². The van der Waals surface area contributed by atoms with Crippen molar-refractivity contribution >= 4 is 29.0 Å². The predicted molar refractivity (Wildman–Crippen MR) is 74.4 cm³/mol. The maximum atomic E-state index is 12.0. The number of nitrogens with one attached hydrogen (secondary N) is 1. The zero-order chi connectivity index (χ0) is 13.8. The highest BCUT2D eigenvalue weighted by atomic mass is 35.5. The number of amides is 1. The van der Waals surface area contributed by atoms with Crippen molar-refractivity contribution in [1.29, 1.82) is 0 Å². The SMILES string of the molecule is C[C@@H]1C(=O)Nc2cnc(Cl)nc2N1C1CC(C)(C)C1. The van der Waals surface area contributed by atoms with Gasteiger partial charge in [0, 0.05) is 6.04 Å². The number of fused-ring (bicyclic) bond motifs is 1. The van der Waals surface area contributed by atoms with Crippen LogP contribution in [0.25, 0.3) is 0 Å². The van der Waals surface area contributed by atoms with Gasteiger partial charge in [-0.15, -0.1) is 0 Å². The molecule has 0 spiro atoms. The average Bonchev–Trinajstić information content (AvgIpc) is 2.29. The van der Waals surface area contributed by atoms with Crippen LogP contribution in [0.1, 0.15) is 33.6 Å². The molecule has 6 heteroatoms. The van der Waals surface area contributed by atoms with Gasteiger partial charge in [-0.05, 0) is 36.8 Å². The Morgan fingerprint density at radius 1 is 1.47 bits per heavy atom. The van der Waals surface area contributed by atoms with Gasteiger partial charge in [-0.25, -0.2) is 4.98 Å². The minimum absolute atomic E-state index is 0.0110. The number of hydrogen-bond acceptors (Lipinski definition) is 4. The largest absolute Gasteiger partial charge is 0.340 e. The molecule has 1 fully saturated rings. The molecule has 2 aliphatic rings. The maximum absolute atomic E-state index is 12.0. The van der Waals surface area contributed by atoms with Crippen LogP contribution in [-0.4, -0.2) is 28.0 Å². The monoisotopic (exact) mass is 280 g/mol. The Bertz CT molecular complexity index is 537. The van der Waals surface area contributed by atoms with Gasteiger partial charge in [0.05, 0.1) is 6.20 Å². The van der Waals surface area contributed by atoms with Crippen molar-refractivity contribution < 1.29 is 4.79 Å². The number of carbonyl (C=O) groups excluding carboxylic acids is 1. The van der Waals surface area contributed by atoms with E-state index < -0.39 is 0 Å². The highest BCUT2D eigenvalue weighted by Gasteiger charge is 2.45. The molecule has 0 aromatic carbocycles. The molecule has 1 atom stereocenters. The van der Waals surface area contributed by atoms with E-state index in [2.05, 4.69) is 34.0 Å². The third-order valence-corrected chi connectivity index (χ3v) is 4.19. The van der Waals surface area contributed by atoms with Crippen molar-refractivity contribution in [3.8, 4) is 0 Å². The molecule has 2 heterocycles. The molecule has 1 N–H and O–H groups in total. The van der Waals surface area contributed by atoms with E-state index in [0.29, 0.717) is 17.1 Å². The lowest BCUT2D eigenvalue weighted by atomic mass is 9.67. The van der Waals surface area contributed by atoms with Crippen LogP contribution in [0.5, 0.6) is 0 Å². The summed E-state index contributed by atoms with van der Waals surface area (Å²) in [4.78, 5) is 22.3. The van der Waals surface area contributed by atoms with Gasteiger partial charge in [-0.3, -0.25) is 4.79 Å². The first-order valence-electron chi connectivity index (χ1n) is 6.49. The van der Waals surface area contributed by atoms with Crippen LogP contribution in [0.3, 0.4) is 0 Å². The summed E-state index contributed by atoms with van der Waals surface area (Å²) >= 11 is 5.89. The van der Waals surface area contributed by atoms with E-state index in [1.807, 2.05) is 6.92 Å². The molecule has 1 aliphatic heterocycles. The van der Waals surface area contributed by atoms with Gasteiger partial charge >= 0.3 is 0 Å². The highest BCUT2D eigenvalue weighted by Crippen LogP contribution is 2.46. The van der Waals surface area contributed by atoms with Gasteiger partial charge < -0.3 is 10.2 Å². The van der Waals surface area contributed by atoms with Crippen LogP contribution >= 0.6 is 11.6 Å². The zero-order valence-electron chi connectivity index (χ0n) is 11.3. The summed E-state index contributed by atoms with van der Waals surface area (Å²) in [5.74, 6) is 0.732. The zero-order valence-corrected chi connectivity index (χ0v) is 12.0. The molecule has 1 aromatic heterocycles. The van der Waals surface area contributed by atoms with Crippen molar-refractivity contribution in [2.24, 2.45) is 5.41 Å². The standard InChI is InChI=1S/C13H17ClN4O/c1-7-11(19)16-9-6-15-12(14)17-10(9)18(7)8-4-13(2,3)5-8/h6-8H,4-5H2,1-3H3,(H,16,19)/t7-/m1/s1. The summed E-state index contributed by atoms with van der Waals surface area (Å²) in [5.41, 5.74) is 0.993. The van der Waals surface area contributed by atoms with Crippen LogP contribution in [-0.2, 0) is 4.79 Å². The minimum atomic E-state index is -0.223.